The number of hydrogen-bond acceptors (Lipinski definition) is 5. The number of carbonyl (C=O) groups is 2. The zero-order valence-corrected chi connectivity index (χ0v) is 20.3. The zero-order valence-electron chi connectivity index (χ0n) is 20.3. The molecule has 0 bridgehead atoms. The molecule has 8 nitrogen and oxygen atoms in total. The van der Waals surface area contributed by atoms with Gasteiger partial charge in [0.05, 0.1) is 0 Å². The van der Waals surface area contributed by atoms with Crippen molar-refractivity contribution < 1.29 is 14.0 Å². The third kappa shape index (κ3) is 6.49. The van der Waals surface area contributed by atoms with E-state index in [4.69, 9.17) is 0 Å². The number of pyridine rings is 1. The Kier molecular flexibility index (Phi) is 7.53. The lowest BCUT2D eigenvalue weighted by Gasteiger charge is -2.28. The van der Waals surface area contributed by atoms with Gasteiger partial charge in [-0.3, -0.25) is 14.3 Å². The van der Waals surface area contributed by atoms with Gasteiger partial charge in [0.15, 0.2) is 5.82 Å². The minimum atomic E-state index is -0.313. The van der Waals surface area contributed by atoms with E-state index in [1.54, 1.807) is 38.4 Å². The molecule has 2 N–H and O–H groups in total. The SMILES string of the molecule is CC(=O)NC1CCC(Cn2cnc(-c3cc(C)nc(C(=O)NCc4ccc(F)c(C)c4)c3)n2)CC1. The quantitative estimate of drug-likeness (QED) is 0.539. The highest BCUT2D eigenvalue weighted by atomic mass is 19.1. The second kappa shape index (κ2) is 10.8. The zero-order chi connectivity index (χ0) is 24.9. The molecule has 2 aromatic heterocycles. The number of carbonyl (C=O) groups excluding carboxylic acids is 2. The third-order valence-corrected chi connectivity index (χ3v) is 6.36. The van der Waals surface area contributed by atoms with Crippen molar-refractivity contribution in [3.63, 3.8) is 0 Å². The van der Waals surface area contributed by atoms with Gasteiger partial charge in [-0.15, -0.1) is 0 Å². The van der Waals surface area contributed by atoms with Crippen molar-refractivity contribution in [1.82, 2.24) is 30.4 Å². The van der Waals surface area contributed by atoms with Crippen LogP contribution < -0.4 is 10.6 Å². The van der Waals surface area contributed by atoms with Gasteiger partial charge in [0.2, 0.25) is 5.91 Å². The fourth-order valence-corrected chi connectivity index (χ4v) is 4.56. The molecule has 1 saturated carbocycles. The number of amides is 2. The number of rotatable bonds is 7. The normalized spacial score (nSPS) is 17.7. The Bertz CT molecular complexity index is 1220. The van der Waals surface area contributed by atoms with Crippen LogP contribution in [0.2, 0.25) is 0 Å². The van der Waals surface area contributed by atoms with Crippen LogP contribution in [0.15, 0.2) is 36.7 Å². The average Bonchev–Trinajstić information content (AvgIpc) is 3.29. The van der Waals surface area contributed by atoms with Crippen molar-refractivity contribution in [2.75, 3.05) is 0 Å². The van der Waals surface area contributed by atoms with Gasteiger partial charge in [-0.2, -0.15) is 5.10 Å². The summed E-state index contributed by atoms with van der Waals surface area (Å²) in [6.45, 7) is 6.13. The maximum Gasteiger partial charge on any atom is 0.270 e. The largest absolute Gasteiger partial charge is 0.354 e. The van der Waals surface area contributed by atoms with Gasteiger partial charge in [-0.1, -0.05) is 12.1 Å². The van der Waals surface area contributed by atoms with E-state index in [9.17, 15) is 14.0 Å². The summed E-state index contributed by atoms with van der Waals surface area (Å²) in [6, 6.07) is 8.59. The van der Waals surface area contributed by atoms with Crippen LogP contribution in [-0.2, 0) is 17.9 Å². The van der Waals surface area contributed by atoms with E-state index in [2.05, 4.69) is 25.7 Å². The first kappa shape index (κ1) is 24.5. The highest BCUT2D eigenvalue weighted by Crippen LogP contribution is 2.26. The van der Waals surface area contributed by atoms with Gasteiger partial charge >= 0.3 is 0 Å². The highest BCUT2D eigenvalue weighted by Gasteiger charge is 2.22. The van der Waals surface area contributed by atoms with E-state index in [1.165, 1.54) is 6.07 Å². The Morgan fingerprint density at radius 2 is 1.89 bits per heavy atom. The van der Waals surface area contributed by atoms with Crippen LogP contribution in [0.1, 0.15) is 59.9 Å². The predicted molar refractivity (Wildman–Crippen MR) is 130 cm³/mol. The van der Waals surface area contributed by atoms with Crippen LogP contribution in [0.25, 0.3) is 11.4 Å². The van der Waals surface area contributed by atoms with Crippen molar-refractivity contribution in [2.45, 2.75) is 65.6 Å². The Morgan fingerprint density at radius 1 is 1.11 bits per heavy atom. The van der Waals surface area contributed by atoms with Gasteiger partial charge in [-0.25, -0.2) is 14.4 Å². The summed E-state index contributed by atoms with van der Waals surface area (Å²) in [4.78, 5) is 32.8. The molecule has 1 aromatic carbocycles. The molecule has 4 rings (SSSR count). The van der Waals surface area contributed by atoms with Crippen LogP contribution >= 0.6 is 0 Å². The molecule has 1 aliphatic rings. The minimum Gasteiger partial charge on any atom is -0.354 e. The minimum absolute atomic E-state index is 0.0283. The van der Waals surface area contributed by atoms with Crippen molar-refractivity contribution >= 4 is 11.8 Å². The molecule has 2 amide bonds. The maximum atomic E-state index is 13.5. The third-order valence-electron chi connectivity index (χ3n) is 6.36. The molecule has 184 valence electrons. The summed E-state index contributed by atoms with van der Waals surface area (Å²) < 4.78 is 15.3. The molecule has 3 aromatic rings. The first-order valence-electron chi connectivity index (χ1n) is 12.0. The van der Waals surface area contributed by atoms with E-state index >= 15 is 0 Å². The molecule has 0 unspecified atom stereocenters. The summed E-state index contributed by atoms with van der Waals surface area (Å²) in [7, 11) is 0. The van der Waals surface area contributed by atoms with Gasteiger partial charge in [0.1, 0.15) is 17.8 Å². The maximum absolute atomic E-state index is 13.5. The van der Waals surface area contributed by atoms with Crippen LogP contribution in [0.3, 0.4) is 0 Å². The first-order chi connectivity index (χ1) is 16.8. The summed E-state index contributed by atoms with van der Waals surface area (Å²) in [5.41, 5.74) is 3.06. The lowest BCUT2D eigenvalue weighted by Crippen LogP contribution is -2.36. The fourth-order valence-electron chi connectivity index (χ4n) is 4.56. The van der Waals surface area contributed by atoms with Crippen molar-refractivity contribution in [1.29, 1.82) is 0 Å². The van der Waals surface area contributed by atoms with E-state index in [-0.39, 0.29) is 35.9 Å². The smallest absolute Gasteiger partial charge is 0.270 e. The second-order valence-corrected chi connectivity index (χ2v) is 9.36. The van der Waals surface area contributed by atoms with Gasteiger partial charge in [0.25, 0.3) is 5.91 Å². The van der Waals surface area contributed by atoms with E-state index in [0.29, 0.717) is 23.0 Å². The van der Waals surface area contributed by atoms with Gasteiger partial charge in [-0.05, 0) is 74.8 Å². The van der Waals surface area contributed by atoms with E-state index in [0.717, 1.165) is 43.4 Å². The van der Waals surface area contributed by atoms with E-state index < -0.39 is 0 Å². The van der Waals surface area contributed by atoms with Crippen LogP contribution in [0, 0.1) is 25.6 Å². The lowest BCUT2D eigenvalue weighted by atomic mass is 9.86. The molecule has 0 spiro atoms. The van der Waals surface area contributed by atoms with E-state index in [1.807, 2.05) is 17.7 Å². The predicted octanol–water partition coefficient (Wildman–Crippen LogP) is 3.72. The Labute approximate surface area is 204 Å². The molecular weight excluding hydrogens is 447 g/mol. The summed E-state index contributed by atoms with van der Waals surface area (Å²) in [5, 5.41) is 10.5. The molecule has 0 saturated heterocycles. The lowest BCUT2D eigenvalue weighted by molar-refractivity contribution is -0.119. The number of benzene rings is 1. The van der Waals surface area contributed by atoms with Crippen molar-refractivity contribution in [3.8, 4) is 11.4 Å². The highest BCUT2D eigenvalue weighted by molar-refractivity contribution is 5.93. The second-order valence-electron chi connectivity index (χ2n) is 9.36. The van der Waals surface area contributed by atoms with Crippen LogP contribution in [0.5, 0.6) is 0 Å². The Hall–Kier alpha value is -3.62. The number of nitrogens with one attached hydrogen (secondary N) is 2. The molecule has 1 fully saturated rings. The standard InChI is InChI=1S/C26H31FN6O2/c1-16-10-20(6-9-23(16)27)13-28-26(35)24-12-21(11-17(2)30-24)25-29-15-33(32-25)14-19-4-7-22(8-5-19)31-18(3)34/h6,9-12,15,19,22H,4-5,7-8,13-14H2,1-3H3,(H,28,35)(H,31,34). The number of nitrogens with zero attached hydrogens (tertiary/aromatic N) is 4. The Balaban J connectivity index is 1.38. The van der Waals surface area contributed by atoms with Crippen molar-refractivity contribution in [3.05, 3.63) is 65.0 Å². The Morgan fingerprint density at radius 3 is 2.60 bits per heavy atom. The molecule has 9 heteroatoms. The number of hydrogen-bond donors (Lipinski definition) is 2. The molecule has 0 atom stereocenters. The molecular formula is C26H31FN6O2. The molecule has 0 aliphatic heterocycles. The summed E-state index contributed by atoms with van der Waals surface area (Å²) in [5.74, 6) is 0.485. The fraction of sp³-hybridized carbons (Fsp3) is 0.423. The van der Waals surface area contributed by atoms with Crippen LogP contribution in [-0.4, -0.2) is 37.6 Å². The molecule has 1 aliphatic carbocycles. The average molecular weight is 479 g/mol. The topological polar surface area (TPSA) is 102 Å². The van der Waals surface area contributed by atoms with Crippen molar-refractivity contribution in [2.24, 2.45) is 5.92 Å². The van der Waals surface area contributed by atoms with Gasteiger partial charge < -0.3 is 10.6 Å². The number of aryl methyl sites for hydroxylation is 2. The van der Waals surface area contributed by atoms with Crippen LogP contribution in [0.4, 0.5) is 4.39 Å². The monoisotopic (exact) mass is 478 g/mol. The van der Waals surface area contributed by atoms with Gasteiger partial charge in [0, 0.05) is 37.3 Å². The molecule has 0 radical (unpaired) electrons. The summed E-state index contributed by atoms with van der Waals surface area (Å²) in [6.07, 6.45) is 5.75. The number of aromatic nitrogens is 4. The first-order valence-corrected chi connectivity index (χ1v) is 12.0. The summed E-state index contributed by atoms with van der Waals surface area (Å²) >= 11 is 0. The molecule has 35 heavy (non-hydrogen) atoms. The molecule has 2 heterocycles. The number of halogens is 1.